The van der Waals surface area contributed by atoms with E-state index in [9.17, 15) is 18.4 Å². The van der Waals surface area contributed by atoms with E-state index in [2.05, 4.69) is 0 Å². The smallest absolute Gasteiger partial charge is 0.306 e. The van der Waals surface area contributed by atoms with Crippen molar-refractivity contribution >= 4 is 11.9 Å². The molecule has 1 heterocycles. The van der Waals surface area contributed by atoms with Gasteiger partial charge in [0.15, 0.2) is 11.6 Å². The minimum atomic E-state index is -1.06. The van der Waals surface area contributed by atoms with Crippen LogP contribution in [0.1, 0.15) is 23.2 Å². The zero-order chi connectivity index (χ0) is 14.0. The van der Waals surface area contributed by atoms with Crippen molar-refractivity contribution in [3.8, 4) is 0 Å². The maximum atomic E-state index is 13.1. The van der Waals surface area contributed by atoms with Crippen molar-refractivity contribution in [3.63, 3.8) is 0 Å². The lowest BCUT2D eigenvalue weighted by Gasteiger charge is -2.30. The molecule has 19 heavy (non-hydrogen) atoms. The fraction of sp³-hybridized carbons (Fsp3) is 0.385. The van der Waals surface area contributed by atoms with E-state index in [1.807, 2.05) is 0 Å². The van der Waals surface area contributed by atoms with Gasteiger partial charge in [0.05, 0.1) is 5.92 Å². The topological polar surface area (TPSA) is 57.6 Å². The van der Waals surface area contributed by atoms with Gasteiger partial charge in [0.1, 0.15) is 0 Å². The lowest BCUT2D eigenvalue weighted by atomic mass is 9.96. The van der Waals surface area contributed by atoms with Crippen molar-refractivity contribution in [2.45, 2.75) is 12.8 Å². The molecule has 1 aliphatic heterocycles. The second-order valence-electron chi connectivity index (χ2n) is 4.53. The molecule has 1 fully saturated rings. The van der Waals surface area contributed by atoms with Gasteiger partial charge in [-0.15, -0.1) is 0 Å². The largest absolute Gasteiger partial charge is 0.481 e. The number of hydrogen-bond donors (Lipinski definition) is 1. The summed E-state index contributed by atoms with van der Waals surface area (Å²) in [6.45, 7) is 0.629. The second kappa shape index (κ2) is 5.34. The van der Waals surface area contributed by atoms with Crippen molar-refractivity contribution in [1.29, 1.82) is 0 Å². The normalized spacial score (nSPS) is 16.4. The van der Waals surface area contributed by atoms with Gasteiger partial charge in [-0.05, 0) is 31.0 Å². The Morgan fingerprint density at radius 2 is 1.79 bits per heavy atom. The van der Waals surface area contributed by atoms with Gasteiger partial charge in [-0.3, -0.25) is 9.59 Å². The van der Waals surface area contributed by atoms with E-state index in [4.69, 9.17) is 5.11 Å². The molecule has 0 aliphatic carbocycles. The molecule has 0 aromatic heterocycles. The van der Waals surface area contributed by atoms with E-state index in [1.165, 1.54) is 11.0 Å². The highest BCUT2D eigenvalue weighted by Gasteiger charge is 2.27. The Morgan fingerprint density at radius 1 is 1.16 bits per heavy atom. The van der Waals surface area contributed by atoms with Gasteiger partial charge in [-0.1, -0.05) is 0 Å². The molecule has 4 nitrogen and oxygen atoms in total. The number of carboxylic acids is 1. The number of carbonyl (C=O) groups is 2. The third-order valence-electron chi connectivity index (χ3n) is 3.30. The summed E-state index contributed by atoms with van der Waals surface area (Å²) in [6, 6.07) is 3.00. The van der Waals surface area contributed by atoms with Crippen molar-refractivity contribution in [2.24, 2.45) is 5.92 Å². The van der Waals surface area contributed by atoms with Crippen molar-refractivity contribution in [1.82, 2.24) is 4.90 Å². The minimum Gasteiger partial charge on any atom is -0.481 e. The van der Waals surface area contributed by atoms with Gasteiger partial charge in [0.25, 0.3) is 5.91 Å². The van der Waals surface area contributed by atoms with Crippen LogP contribution in [-0.2, 0) is 4.79 Å². The molecule has 0 atom stereocenters. The fourth-order valence-electron chi connectivity index (χ4n) is 2.14. The maximum absolute atomic E-state index is 13.1. The molecule has 1 amide bonds. The van der Waals surface area contributed by atoms with Gasteiger partial charge >= 0.3 is 5.97 Å². The summed E-state index contributed by atoms with van der Waals surface area (Å²) in [5.74, 6) is -3.76. The van der Waals surface area contributed by atoms with Crippen LogP contribution in [0.4, 0.5) is 8.78 Å². The molecular weight excluding hydrogens is 256 g/mol. The standard InChI is InChI=1S/C13H13F2NO3/c14-10-2-1-9(7-11(10)15)12(17)16-5-3-8(4-6-16)13(18)19/h1-2,7-8H,3-6H2,(H,18,19). The molecule has 1 N–H and O–H groups in total. The van der Waals surface area contributed by atoms with Crippen LogP contribution >= 0.6 is 0 Å². The molecule has 0 radical (unpaired) electrons. The van der Waals surface area contributed by atoms with Gasteiger partial charge in [0.2, 0.25) is 0 Å². The first kappa shape index (κ1) is 13.5. The Kier molecular flexibility index (Phi) is 3.78. The van der Waals surface area contributed by atoms with Crippen LogP contribution in [-0.4, -0.2) is 35.0 Å². The van der Waals surface area contributed by atoms with E-state index in [0.29, 0.717) is 25.9 Å². The first-order valence-corrected chi connectivity index (χ1v) is 5.96. The Hall–Kier alpha value is -1.98. The number of nitrogens with zero attached hydrogens (tertiary/aromatic N) is 1. The monoisotopic (exact) mass is 269 g/mol. The van der Waals surface area contributed by atoms with E-state index in [1.54, 1.807) is 0 Å². The third kappa shape index (κ3) is 2.89. The molecule has 0 unspecified atom stereocenters. The predicted octanol–water partition coefficient (Wildman–Crippen LogP) is 1.90. The highest BCUT2D eigenvalue weighted by atomic mass is 19.2. The van der Waals surface area contributed by atoms with Gasteiger partial charge < -0.3 is 10.0 Å². The third-order valence-corrected chi connectivity index (χ3v) is 3.30. The minimum absolute atomic E-state index is 0.0766. The fourth-order valence-corrected chi connectivity index (χ4v) is 2.14. The molecule has 1 aliphatic rings. The van der Waals surface area contributed by atoms with Crippen LogP contribution in [0.25, 0.3) is 0 Å². The highest BCUT2D eigenvalue weighted by Crippen LogP contribution is 2.20. The lowest BCUT2D eigenvalue weighted by molar-refractivity contribution is -0.143. The number of piperidine rings is 1. The summed E-state index contributed by atoms with van der Waals surface area (Å²) < 4.78 is 25.8. The van der Waals surface area contributed by atoms with Gasteiger partial charge in [-0.25, -0.2) is 8.78 Å². The predicted molar refractivity (Wildman–Crippen MR) is 62.6 cm³/mol. The number of amides is 1. The maximum Gasteiger partial charge on any atom is 0.306 e. The van der Waals surface area contributed by atoms with Gasteiger partial charge in [0, 0.05) is 18.7 Å². The van der Waals surface area contributed by atoms with Crippen LogP contribution in [0.5, 0.6) is 0 Å². The summed E-state index contributed by atoms with van der Waals surface area (Å²) in [6.07, 6.45) is 0.759. The molecule has 2 rings (SSSR count). The van der Waals surface area contributed by atoms with E-state index in [-0.39, 0.29) is 5.56 Å². The number of rotatable bonds is 2. The Balaban J connectivity index is 2.05. The number of carboxylic acid groups (broad SMARTS) is 1. The Morgan fingerprint density at radius 3 is 2.32 bits per heavy atom. The summed E-state index contributed by atoms with van der Waals surface area (Å²) in [5.41, 5.74) is 0.0766. The number of aliphatic carboxylic acids is 1. The summed E-state index contributed by atoms with van der Waals surface area (Å²) >= 11 is 0. The number of halogens is 2. The number of likely N-dealkylation sites (tertiary alicyclic amines) is 1. The molecular formula is C13H13F2NO3. The van der Waals surface area contributed by atoms with Crippen molar-refractivity contribution in [3.05, 3.63) is 35.4 Å². The van der Waals surface area contributed by atoms with Crippen LogP contribution < -0.4 is 0 Å². The highest BCUT2D eigenvalue weighted by molar-refractivity contribution is 5.94. The molecule has 102 valence electrons. The molecule has 0 bridgehead atoms. The van der Waals surface area contributed by atoms with Crippen molar-refractivity contribution in [2.75, 3.05) is 13.1 Å². The number of hydrogen-bond acceptors (Lipinski definition) is 2. The molecule has 1 saturated heterocycles. The van der Waals surface area contributed by atoms with Crippen LogP contribution in [0, 0.1) is 17.6 Å². The van der Waals surface area contributed by atoms with Crippen molar-refractivity contribution < 1.29 is 23.5 Å². The van der Waals surface area contributed by atoms with Gasteiger partial charge in [-0.2, -0.15) is 0 Å². The summed E-state index contributed by atoms with van der Waals surface area (Å²) in [4.78, 5) is 24.3. The molecule has 6 heteroatoms. The molecule has 1 aromatic rings. The van der Waals surface area contributed by atoms with Crippen LogP contribution in [0.2, 0.25) is 0 Å². The molecule has 0 spiro atoms. The van der Waals surface area contributed by atoms with E-state index < -0.39 is 29.4 Å². The number of carbonyl (C=O) groups excluding carboxylic acids is 1. The lowest BCUT2D eigenvalue weighted by Crippen LogP contribution is -2.40. The average molecular weight is 269 g/mol. The first-order chi connectivity index (χ1) is 8.99. The average Bonchev–Trinajstić information content (AvgIpc) is 2.41. The quantitative estimate of drug-likeness (QED) is 0.892. The van der Waals surface area contributed by atoms with E-state index in [0.717, 1.165) is 12.1 Å². The number of benzene rings is 1. The molecule has 0 saturated carbocycles. The van der Waals surface area contributed by atoms with E-state index >= 15 is 0 Å². The molecule has 1 aromatic carbocycles. The van der Waals surface area contributed by atoms with Crippen LogP contribution in [0.3, 0.4) is 0 Å². The zero-order valence-corrected chi connectivity index (χ0v) is 10.1. The zero-order valence-electron chi connectivity index (χ0n) is 10.1. The summed E-state index contributed by atoms with van der Waals surface area (Å²) in [7, 11) is 0. The first-order valence-electron chi connectivity index (χ1n) is 5.96. The summed E-state index contributed by atoms with van der Waals surface area (Å²) in [5, 5.41) is 8.85. The Bertz CT molecular complexity index is 511. The SMILES string of the molecule is O=C(O)C1CCN(C(=O)c2ccc(F)c(F)c2)CC1. The second-order valence-corrected chi connectivity index (χ2v) is 4.53. The van der Waals surface area contributed by atoms with Crippen LogP contribution in [0.15, 0.2) is 18.2 Å². The Labute approximate surface area is 108 Å².